The topological polar surface area (TPSA) is 38.3 Å². The Kier molecular flexibility index (Phi) is 2.93. The molecule has 0 bridgehead atoms. The number of cyclic esters (lactones) is 1. The van der Waals surface area contributed by atoms with E-state index in [2.05, 4.69) is 50.4 Å². The molecule has 0 spiro atoms. The van der Waals surface area contributed by atoms with Crippen LogP contribution >= 0.6 is 0 Å². The van der Waals surface area contributed by atoms with E-state index in [9.17, 15) is 4.79 Å². The summed E-state index contributed by atoms with van der Waals surface area (Å²) in [5, 5.41) is 5.41. The number of amides is 1. The smallest absolute Gasteiger partial charge is 0.407 e. The highest BCUT2D eigenvalue weighted by Crippen LogP contribution is 2.39. The van der Waals surface area contributed by atoms with Gasteiger partial charge in [-0.3, -0.25) is 0 Å². The predicted octanol–water partition coefficient (Wildman–Crippen LogP) is 3.96. The lowest BCUT2D eigenvalue weighted by Gasteiger charge is -2.39. The minimum absolute atomic E-state index is 0.0331. The minimum atomic E-state index is -0.334. The zero-order valence-corrected chi connectivity index (χ0v) is 12.1. The first-order valence-corrected chi connectivity index (χ1v) is 6.90. The van der Waals surface area contributed by atoms with E-state index < -0.39 is 0 Å². The second-order valence-electron chi connectivity index (χ2n) is 6.16. The number of hydrogen-bond donors (Lipinski definition) is 1. The van der Waals surface area contributed by atoms with E-state index in [4.69, 9.17) is 4.74 Å². The lowest BCUT2D eigenvalue weighted by Crippen LogP contribution is -2.47. The maximum Gasteiger partial charge on any atom is 0.407 e. The summed E-state index contributed by atoms with van der Waals surface area (Å²) in [4.78, 5) is 11.6. The van der Waals surface area contributed by atoms with Crippen LogP contribution < -0.4 is 5.32 Å². The van der Waals surface area contributed by atoms with Gasteiger partial charge in [0.05, 0.1) is 6.04 Å². The van der Waals surface area contributed by atoms with E-state index in [0.717, 1.165) is 5.56 Å². The van der Waals surface area contributed by atoms with Crippen LogP contribution in [0.15, 0.2) is 36.4 Å². The van der Waals surface area contributed by atoms with Crippen LogP contribution in [0.5, 0.6) is 0 Å². The number of carbonyl (C=O) groups excluding carboxylic acids is 1. The summed E-state index contributed by atoms with van der Waals surface area (Å²) in [6, 6.07) is 12.5. The molecule has 3 nitrogen and oxygen atoms in total. The highest BCUT2D eigenvalue weighted by atomic mass is 16.6. The van der Waals surface area contributed by atoms with Crippen molar-refractivity contribution in [1.29, 1.82) is 0 Å². The molecule has 2 aromatic rings. The number of carbonyl (C=O) groups is 1. The van der Waals surface area contributed by atoms with E-state index in [0.29, 0.717) is 6.61 Å². The maximum absolute atomic E-state index is 11.6. The van der Waals surface area contributed by atoms with Gasteiger partial charge in [-0.15, -0.1) is 0 Å². The van der Waals surface area contributed by atoms with Crippen LogP contribution in [-0.4, -0.2) is 12.7 Å². The molecule has 1 fully saturated rings. The normalized spacial score (nSPS) is 21.4. The van der Waals surface area contributed by atoms with Gasteiger partial charge in [-0.05, 0) is 28.8 Å². The van der Waals surface area contributed by atoms with Crippen molar-refractivity contribution in [2.24, 2.45) is 5.41 Å². The molecule has 1 aliphatic heterocycles. The lowest BCUT2D eigenvalue weighted by atomic mass is 9.78. The zero-order valence-electron chi connectivity index (χ0n) is 12.1. The fourth-order valence-corrected chi connectivity index (χ4v) is 2.91. The van der Waals surface area contributed by atoms with E-state index in [1.54, 1.807) is 0 Å². The van der Waals surface area contributed by atoms with Gasteiger partial charge in [0.25, 0.3) is 0 Å². The van der Waals surface area contributed by atoms with Crippen LogP contribution in [-0.2, 0) is 4.74 Å². The molecule has 1 heterocycles. The van der Waals surface area contributed by atoms with Crippen LogP contribution in [0.2, 0.25) is 0 Å². The SMILES string of the molecule is Cc1ccc([C@H]2NC(=O)OCC2(C)C)c2ccccc12. The molecular weight excluding hydrogens is 250 g/mol. The average molecular weight is 269 g/mol. The first-order chi connectivity index (χ1) is 9.49. The number of fused-ring (bicyclic) bond motifs is 1. The first-order valence-electron chi connectivity index (χ1n) is 6.90. The van der Waals surface area contributed by atoms with Crippen molar-refractivity contribution < 1.29 is 9.53 Å². The van der Waals surface area contributed by atoms with Gasteiger partial charge >= 0.3 is 6.09 Å². The molecule has 20 heavy (non-hydrogen) atoms. The van der Waals surface area contributed by atoms with E-state index in [1.165, 1.54) is 16.3 Å². The predicted molar refractivity (Wildman–Crippen MR) is 79.7 cm³/mol. The van der Waals surface area contributed by atoms with Crippen LogP contribution in [0, 0.1) is 12.3 Å². The largest absolute Gasteiger partial charge is 0.449 e. The summed E-state index contributed by atoms with van der Waals surface area (Å²) in [5.41, 5.74) is 2.28. The zero-order chi connectivity index (χ0) is 14.3. The quantitative estimate of drug-likeness (QED) is 0.851. The summed E-state index contributed by atoms with van der Waals surface area (Å²) in [7, 11) is 0. The Morgan fingerprint density at radius 1 is 1.15 bits per heavy atom. The van der Waals surface area contributed by atoms with Crippen LogP contribution in [0.3, 0.4) is 0 Å². The summed E-state index contributed by atoms with van der Waals surface area (Å²) in [6.45, 7) is 6.78. The van der Waals surface area contributed by atoms with Crippen LogP contribution in [0.25, 0.3) is 10.8 Å². The lowest BCUT2D eigenvalue weighted by molar-refractivity contribution is 0.0391. The number of benzene rings is 2. The number of nitrogens with one attached hydrogen (secondary N) is 1. The van der Waals surface area contributed by atoms with Crippen molar-refractivity contribution in [3.63, 3.8) is 0 Å². The summed E-state index contributed by atoms with van der Waals surface area (Å²) < 4.78 is 5.13. The van der Waals surface area contributed by atoms with Crippen molar-refractivity contribution >= 4 is 16.9 Å². The second-order valence-corrected chi connectivity index (χ2v) is 6.16. The molecule has 1 amide bonds. The Balaban J connectivity index is 2.18. The minimum Gasteiger partial charge on any atom is -0.449 e. The molecule has 104 valence electrons. The second kappa shape index (κ2) is 4.51. The van der Waals surface area contributed by atoms with Crippen molar-refractivity contribution in [1.82, 2.24) is 5.32 Å². The third kappa shape index (κ3) is 2.03. The molecule has 0 unspecified atom stereocenters. The average Bonchev–Trinajstić information content (AvgIpc) is 2.43. The molecule has 1 atom stereocenters. The van der Waals surface area contributed by atoms with Gasteiger partial charge in [0.15, 0.2) is 0 Å². The molecule has 0 radical (unpaired) electrons. The summed E-state index contributed by atoms with van der Waals surface area (Å²) >= 11 is 0. The molecule has 1 aliphatic rings. The third-order valence-corrected chi connectivity index (χ3v) is 4.11. The van der Waals surface area contributed by atoms with Gasteiger partial charge in [0.2, 0.25) is 0 Å². The van der Waals surface area contributed by atoms with E-state index in [-0.39, 0.29) is 17.6 Å². The standard InChI is InChI=1S/C17H19NO2/c1-11-8-9-14(13-7-5-4-6-12(11)13)15-17(2,3)10-20-16(19)18-15/h4-9,15H,10H2,1-3H3,(H,18,19)/t15-/m1/s1. The van der Waals surface area contributed by atoms with Gasteiger partial charge < -0.3 is 10.1 Å². The van der Waals surface area contributed by atoms with Crippen molar-refractivity contribution in [2.45, 2.75) is 26.8 Å². The number of alkyl carbamates (subject to hydrolysis) is 1. The Labute approximate surface area is 118 Å². The maximum atomic E-state index is 11.6. The molecule has 2 aromatic carbocycles. The molecular formula is C17H19NO2. The van der Waals surface area contributed by atoms with Gasteiger partial charge in [-0.1, -0.05) is 50.2 Å². The third-order valence-electron chi connectivity index (χ3n) is 4.11. The number of aryl methyl sites for hydroxylation is 1. The molecule has 0 saturated carbocycles. The molecule has 3 rings (SSSR count). The highest BCUT2D eigenvalue weighted by Gasteiger charge is 2.38. The Hall–Kier alpha value is -2.03. The van der Waals surface area contributed by atoms with Crippen LogP contribution in [0.4, 0.5) is 4.79 Å². The number of hydrogen-bond acceptors (Lipinski definition) is 2. The molecule has 1 saturated heterocycles. The first kappa shape index (κ1) is 13.0. The van der Waals surface area contributed by atoms with Gasteiger partial charge in [0.1, 0.15) is 6.61 Å². The molecule has 3 heteroatoms. The summed E-state index contributed by atoms with van der Waals surface area (Å²) in [6.07, 6.45) is -0.334. The highest BCUT2D eigenvalue weighted by molar-refractivity contribution is 5.89. The van der Waals surface area contributed by atoms with Crippen molar-refractivity contribution in [2.75, 3.05) is 6.61 Å². The van der Waals surface area contributed by atoms with Gasteiger partial charge in [0, 0.05) is 5.41 Å². The fourth-order valence-electron chi connectivity index (χ4n) is 2.91. The van der Waals surface area contributed by atoms with Crippen LogP contribution in [0.1, 0.15) is 31.0 Å². The monoisotopic (exact) mass is 269 g/mol. The molecule has 0 aliphatic carbocycles. The van der Waals surface area contributed by atoms with Crippen molar-refractivity contribution in [3.8, 4) is 0 Å². The summed E-state index contributed by atoms with van der Waals surface area (Å²) in [5.74, 6) is 0. The number of ether oxygens (including phenoxy) is 1. The van der Waals surface area contributed by atoms with E-state index in [1.807, 2.05) is 12.1 Å². The van der Waals surface area contributed by atoms with E-state index >= 15 is 0 Å². The Morgan fingerprint density at radius 3 is 2.60 bits per heavy atom. The molecule has 1 N–H and O–H groups in total. The number of rotatable bonds is 1. The van der Waals surface area contributed by atoms with Crippen molar-refractivity contribution in [3.05, 3.63) is 47.5 Å². The Morgan fingerprint density at radius 2 is 1.85 bits per heavy atom. The van der Waals surface area contributed by atoms with Gasteiger partial charge in [-0.25, -0.2) is 4.79 Å². The van der Waals surface area contributed by atoms with Gasteiger partial charge in [-0.2, -0.15) is 0 Å². The Bertz CT molecular complexity index is 676. The fraction of sp³-hybridized carbons (Fsp3) is 0.353. The molecule has 0 aromatic heterocycles.